The normalized spacial score (nSPS) is 17.0. The second-order valence-electron chi connectivity index (χ2n) is 5.09. The van der Waals surface area contributed by atoms with Crippen molar-refractivity contribution in [2.45, 2.75) is 6.10 Å². The van der Waals surface area contributed by atoms with Crippen LogP contribution in [0.4, 0.5) is 5.69 Å². The molecule has 1 atom stereocenters. The van der Waals surface area contributed by atoms with Crippen molar-refractivity contribution in [2.24, 2.45) is 0 Å². The van der Waals surface area contributed by atoms with E-state index in [1.807, 2.05) is 35.2 Å². The number of hydrogen-bond acceptors (Lipinski definition) is 4. The number of carbonyl (C=O) groups is 1. The van der Waals surface area contributed by atoms with Gasteiger partial charge in [0.25, 0.3) is 5.17 Å². The average Bonchev–Trinajstić information content (AvgIpc) is 2.95. The number of benzene rings is 2. The summed E-state index contributed by atoms with van der Waals surface area (Å²) in [6.07, 6.45) is -0.165. The van der Waals surface area contributed by atoms with Gasteiger partial charge in [-0.05, 0) is 48.6 Å². The number of nitrogens with zero attached hydrogens (tertiary/aromatic N) is 1. The molecule has 1 saturated heterocycles. The number of carboxylic acids is 1. The van der Waals surface area contributed by atoms with E-state index in [1.54, 1.807) is 12.1 Å². The lowest BCUT2D eigenvalue weighted by Crippen LogP contribution is -2.26. The minimum absolute atomic E-state index is 0.165. The molecule has 1 aliphatic rings. The second-order valence-corrected chi connectivity index (χ2v) is 5.44. The van der Waals surface area contributed by atoms with E-state index in [4.69, 9.17) is 26.8 Å². The van der Waals surface area contributed by atoms with E-state index >= 15 is 0 Å². The molecule has 0 bridgehead atoms. The maximum atomic E-state index is 10.8. The van der Waals surface area contributed by atoms with E-state index in [-0.39, 0.29) is 11.7 Å². The van der Waals surface area contributed by atoms with Crippen molar-refractivity contribution >= 4 is 29.0 Å². The first-order valence-corrected chi connectivity index (χ1v) is 7.53. The summed E-state index contributed by atoms with van der Waals surface area (Å²) >= 11 is 5.26. The number of rotatable bonds is 5. The van der Waals surface area contributed by atoms with Crippen LogP contribution in [0.2, 0.25) is 0 Å². The van der Waals surface area contributed by atoms with Crippen molar-refractivity contribution in [3.8, 4) is 5.75 Å². The van der Waals surface area contributed by atoms with Gasteiger partial charge in [0.15, 0.2) is 6.10 Å². The lowest BCUT2D eigenvalue weighted by molar-refractivity contribution is 0.0696. The van der Waals surface area contributed by atoms with Crippen LogP contribution in [-0.4, -0.2) is 35.5 Å². The van der Waals surface area contributed by atoms with Gasteiger partial charge in [-0.2, -0.15) is 0 Å². The molecular weight excluding hydrogens is 314 g/mol. The van der Waals surface area contributed by atoms with Crippen LogP contribution in [0, 0.1) is 0 Å². The monoisotopic (exact) mass is 329 g/mol. The Morgan fingerprint density at radius 1 is 1.22 bits per heavy atom. The fraction of sp³-hybridized carbons (Fsp3) is 0.176. The second kappa shape index (κ2) is 6.66. The maximum absolute atomic E-state index is 10.8. The molecule has 1 fully saturated rings. The minimum atomic E-state index is -0.959. The van der Waals surface area contributed by atoms with Crippen LogP contribution in [-0.2, 0) is 4.74 Å². The smallest absolute Gasteiger partial charge is 0.335 e. The van der Waals surface area contributed by atoms with Crippen LogP contribution in [0.25, 0.3) is 0 Å². The number of thiocarbonyl (C=S) groups is 1. The zero-order valence-corrected chi connectivity index (χ0v) is 13.0. The Morgan fingerprint density at radius 2 is 1.91 bits per heavy atom. The first-order valence-electron chi connectivity index (χ1n) is 7.13. The molecule has 0 aromatic heterocycles. The third-order valence-electron chi connectivity index (χ3n) is 3.48. The van der Waals surface area contributed by atoms with E-state index in [0.717, 1.165) is 5.69 Å². The van der Waals surface area contributed by atoms with Crippen LogP contribution >= 0.6 is 12.2 Å². The zero-order chi connectivity index (χ0) is 16.2. The number of ether oxygens (including phenoxy) is 2. The summed E-state index contributed by atoms with van der Waals surface area (Å²) in [6.45, 7) is 0.964. The Kier molecular flexibility index (Phi) is 4.43. The SMILES string of the molecule is O=C(O)c1ccc(OCC2CN(c3ccccc3)C(=S)O2)cc1. The standard InChI is InChI=1S/C17H15NO4S/c19-16(20)12-6-8-14(9-7-12)21-11-15-10-18(17(23)22-15)13-4-2-1-3-5-13/h1-9,15H,10-11H2,(H,19,20). The molecule has 6 heteroatoms. The van der Waals surface area contributed by atoms with Crippen LogP contribution in [0.3, 0.4) is 0 Å². The lowest BCUT2D eigenvalue weighted by atomic mass is 10.2. The van der Waals surface area contributed by atoms with Gasteiger partial charge in [-0.1, -0.05) is 18.2 Å². The molecule has 0 amide bonds. The fourth-order valence-corrected chi connectivity index (χ4v) is 2.63. The quantitative estimate of drug-likeness (QED) is 0.851. The number of aromatic carboxylic acids is 1. The molecule has 2 aromatic carbocycles. The molecule has 1 N–H and O–H groups in total. The Bertz CT molecular complexity index is 702. The Labute approximate surface area is 139 Å². The maximum Gasteiger partial charge on any atom is 0.335 e. The van der Waals surface area contributed by atoms with E-state index < -0.39 is 5.97 Å². The molecule has 3 rings (SSSR count). The Hall–Kier alpha value is -2.60. The summed E-state index contributed by atoms with van der Waals surface area (Å²) in [5.74, 6) is -0.359. The molecule has 0 aliphatic carbocycles. The molecule has 0 spiro atoms. The van der Waals surface area contributed by atoms with Gasteiger partial charge < -0.3 is 14.6 Å². The highest BCUT2D eigenvalue weighted by Gasteiger charge is 2.29. The summed E-state index contributed by atoms with van der Waals surface area (Å²) in [5, 5.41) is 9.30. The molecule has 1 heterocycles. The van der Waals surface area contributed by atoms with Crippen molar-refractivity contribution < 1.29 is 19.4 Å². The molecule has 0 radical (unpaired) electrons. The van der Waals surface area contributed by atoms with Crippen LogP contribution in [0.5, 0.6) is 5.75 Å². The van der Waals surface area contributed by atoms with Gasteiger partial charge in [-0.15, -0.1) is 0 Å². The molecule has 118 valence electrons. The number of anilines is 1. The highest BCUT2D eigenvalue weighted by molar-refractivity contribution is 7.80. The molecule has 1 unspecified atom stereocenters. The third kappa shape index (κ3) is 3.60. The first kappa shape index (κ1) is 15.3. The fourth-order valence-electron chi connectivity index (χ4n) is 2.31. The molecule has 23 heavy (non-hydrogen) atoms. The van der Waals surface area contributed by atoms with Crippen molar-refractivity contribution in [2.75, 3.05) is 18.1 Å². The number of carboxylic acid groups (broad SMARTS) is 1. The zero-order valence-electron chi connectivity index (χ0n) is 12.2. The van der Waals surface area contributed by atoms with Gasteiger partial charge in [0.2, 0.25) is 0 Å². The molecule has 2 aromatic rings. The van der Waals surface area contributed by atoms with Crippen LogP contribution in [0.15, 0.2) is 54.6 Å². The summed E-state index contributed by atoms with van der Waals surface area (Å²) in [7, 11) is 0. The van der Waals surface area contributed by atoms with Gasteiger partial charge in [0.05, 0.1) is 12.1 Å². The van der Waals surface area contributed by atoms with Gasteiger partial charge in [0, 0.05) is 5.69 Å². The predicted molar refractivity (Wildman–Crippen MR) is 90.2 cm³/mol. The highest BCUT2D eigenvalue weighted by atomic mass is 32.1. The summed E-state index contributed by atoms with van der Waals surface area (Å²) in [4.78, 5) is 12.7. The topological polar surface area (TPSA) is 59.0 Å². The van der Waals surface area contributed by atoms with Crippen LogP contribution < -0.4 is 9.64 Å². The van der Waals surface area contributed by atoms with Crippen molar-refractivity contribution in [3.05, 3.63) is 60.2 Å². The van der Waals surface area contributed by atoms with Gasteiger partial charge in [-0.3, -0.25) is 4.90 Å². The number of para-hydroxylation sites is 1. The third-order valence-corrected chi connectivity index (χ3v) is 3.80. The minimum Gasteiger partial charge on any atom is -0.490 e. The van der Waals surface area contributed by atoms with Crippen molar-refractivity contribution in [1.29, 1.82) is 0 Å². The average molecular weight is 329 g/mol. The first-order chi connectivity index (χ1) is 11.1. The van der Waals surface area contributed by atoms with Crippen molar-refractivity contribution in [3.63, 3.8) is 0 Å². The summed E-state index contributed by atoms with van der Waals surface area (Å²) < 4.78 is 11.3. The van der Waals surface area contributed by atoms with E-state index in [9.17, 15) is 4.79 Å². The predicted octanol–water partition coefficient (Wildman–Crippen LogP) is 2.95. The molecule has 1 aliphatic heterocycles. The summed E-state index contributed by atoms with van der Waals surface area (Å²) in [5.41, 5.74) is 1.22. The Morgan fingerprint density at radius 3 is 2.57 bits per heavy atom. The van der Waals surface area contributed by atoms with Gasteiger partial charge >= 0.3 is 5.97 Å². The van der Waals surface area contributed by atoms with Gasteiger partial charge in [0.1, 0.15) is 12.4 Å². The molecular formula is C17H15NO4S. The van der Waals surface area contributed by atoms with Crippen molar-refractivity contribution in [1.82, 2.24) is 0 Å². The highest BCUT2D eigenvalue weighted by Crippen LogP contribution is 2.22. The van der Waals surface area contributed by atoms with Crippen LogP contribution in [0.1, 0.15) is 10.4 Å². The Balaban J connectivity index is 1.57. The molecule has 5 nitrogen and oxygen atoms in total. The largest absolute Gasteiger partial charge is 0.490 e. The molecule has 0 saturated carbocycles. The van der Waals surface area contributed by atoms with Gasteiger partial charge in [-0.25, -0.2) is 4.79 Å². The number of hydrogen-bond donors (Lipinski definition) is 1. The van der Waals surface area contributed by atoms with E-state index in [1.165, 1.54) is 12.1 Å². The van der Waals surface area contributed by atoms with E-state index in [2.05, 4.69) is 0 Å². The summed E-state index contributed by atoms with van der Waals surface area (Å²) in [6, 6.07) is 16.1. The van der Waals surface area contributed by atoms with E-state index in [0.29, 0.717) is 24.1 Å². The lowest BCUT2D eigenvalue weighted by Gasteiger charge is -2.14.